The average molecular weight is 748 g/mol. The van der Waals surface area contributed by atoms with Crippen LogP contribution >= 0.6 is 0 Å². The summed E-state index contributed by atoms with van der Waals surface area (Å²) < 4.78 is 89.1. The van der Waals surface area contributed by atoms with Gasteiger partial charge in [-0.15, -0.1) is 0 Å². The minimum atomic E-state index is -3.79. The van der Waals surface area contributed by atoms with Gasteiger partial charge in [-0.2, -0.15) is 0 Å². The lowest BCUT2D eigenvalue weighted by atomic mass is 9.91. The summed E-state index contributed by atoms with van der Waals surface area (Å²) in [5.41, 5.74) is -0.578. The zero-order chi connectivity index (χ0) is 31.4. The Bertz CT molecular complexity index is 1020. The molecule has 14 nitrogen and oxygen atoms in total. The van der Waals surface area contributed by atoms with Crippen LogP contribution in [-0.4, -0.2) is 83.7 Å². The van der Waals surface area contributed by atoms with E-state index in [2.05, 4.69) is 0 Å². The largest absolute Gasteiger partial charge is 0.553 e. The van der Waals surface area contributed by atoms with E-state index in [-0.39, 0.29) is 18.6 Å². The molecule has 43 heavy (non-hydrogen) atoms. The first-order valence-electron chi connectivity index (χ1n) is 15.6. The van der Waals surface area contributed by atoms with E-state index in [0.717, 1.165) is 0 Å². The highest BCUT2D eigenvalue weighted by atomic mass is 28.6. The zero-order valence-electron chi connectivity index (χ0n) is 26.8. The van der Waals surface area contributed by atoms with Gasteiger partial charge in [0.05, 0.1) is 12.0 Å². The summed E-state index contributed by atoms with van der Waals surface area (Å²) in [4.78, 5) is 12.7. The van der Waals surface area contributed by atoms with Crippen molar-refractivity contribution in [2.45, 2.75) is 117 Å². The molecule has 6 saturated heterocycles. The van der Waals surface area contributed by atoms with Gasteiger partial charge in [-0.3, -0.25) is 4.79 Å². The molecule has 0 aliphatic carbocycles. The summed E-state index contributed by atoms with van der Waals surface area (Å²) in [6.45, 7) is 17.6. The third-order valence-corrected chi connectivity index (χ3v) is 42.7. The van der Waals surface area contributed by atoms with Crippen LogP contribution in [0.15, 0.2) is 0 Å². The third kappa shape index (κ3) is 6.46. The van der Waals surface area contributed by atoms with Crippen molar-refractivity contribution in [3.8, 4) is 0 Å². The molecule has 6 rings (SSSR count). The Balaban J connectivity index is 1.62. The number of ether oxygens (including phenoxy) is 1. The molecule has 0 aromatic carbocycles. The number of esters is 1. The fourth-order valence-electron chi connectivity index (χ4n) is 5.26. The predicted molar refractivity (Wildman–Crippen MR) is 166 cm³/mol. The molecule has 0 aromatic rings. The van der Waals surface area contributed by atoms with Crippen molar-refractivity contribution in [1.29, 1.82) is 0 Å². The molecule has 22 heteroatoms. The Hall–Kier alpha value is 0.725. The first-order valence-corrected chi connectivity index (χ1v) is 30.4. The number of hydrogen-bond donors (Lipinski definition) is 0. The quantitative estimate of drug-likeness (QED) is 0.159. The summed E-state index contributed by atoms with van der Waals surface area (Å²) in [5, 5.41) is 0. The lowest BCUT2D eigenvalue weighted by Crippen LogP contribution is -2.86. The fourth-order valence-corrected chi connectivity index (χ4v) is 50.6. The second-order valence-electron chi connectivity index (χ2n) is 11.9. The van der Waals surface area contributed by atoms with Gasteiger partial charge in [-0.25, -0.2) is 0 Å². The van der Waals surface area contributed by atoms with E-state index >= 15 is 0 Å². The highest BCUT2D eigenvalue weighted by molar-refractivity contribution is 7.01. The molecular formula is C21H47O14Si8. The van der Waals surface area contributed by atoms with E-state index in [1.807, 2.05) is 62.3 Å². The highest BCUT2D eigenvalue weighted by Crippen LogP contribution is 2.51. The summed E-state index contributed by atoms with van der Waals surface area (Å²) in [6.07, 6.45) is 1.08. The normalized spacial score (nSPS) is 44.4. The number of rotatable bonds is 12. The number of carbonyl (C=O) groups excluding carboxylic acids is 1. The molecule has 1 radical (unpaired) electrons. The molecule has 4 unspecified atom stereocenters. The average Bonchev–Trinajstić information content (AvgIpc) is 2.94. The van der Waals surface area contributed by atoms with Gasteiger partial charge >= 0.3 is 77.1 Å². The maximum atomic E-state index is 12.7. The minimum absolute atomic E-state index is 0.163. The fraction of sp³-hybridized carbons (Fsp3) is 0.952. The van der Waals surface area contributed by atoms with E-state index in [4.69, 9.17) is 54.1 Å². The van der Waals surface area contributed by atoms with Gasteiger partial charge in [0, 0.05) is 42.3 Å². The third-order valence-electron chi connectivity index (χ3n) is 8.41. The van der Waals surface area contributed by atoms with Gasteiger partial charge in [-0.1, -0.05) is 48.5 Å². The van der Waals surface area contributed by atoms with Gasteiger partial charge in [-0.05, 0) is 26.7 Å². The van der Waals surface area contributed by atoms with Crippen molar-refractivity contribution in [2.75, 3.05) is 6.61 Å². The second kappa shape index (κ2) is 12.3. The maximum absolute atomic E-state index is 12.7. The van der Waals surface area contributed by atoms with Crippen LogP contribution in [0, 0.1) is 5.41 Å². The van der Waals surface area contributed by atoms with Crippen LogP contribution in [0.5, 0.6) is 0 Å². The van der Waals surface area contributed by atoms with Crippen molar-refractivity contribution in [3.63, 3.8) is 0 Å². The van der Waals surface area contributed by atoms with Gasteiger partial charge in [0.15, 0.2) is 0 Å². The summed E-state index contributed by atoms with van der Waals surface area (Å²) >= 11 is 0. The van der Waals surface area contributed by atoms with Crippen molar-refractivity contribution in [1.82, 2.24) is 0 Å². The molecule has 6 aliphatic heterocycles. The van der Waals surface area contributed by atoms with Crippen molar-refractivity contribution in [3.05, 3.63) is 0 Å². The Morgan fingerprint density at radius 3 is 1.23 bits per heavy atom. The zero-order valence-corrected chi connectivity index (χ0v) is 34.8. The van der Waals surface area contributed by atoms with Crippen LogP contribution in [-0.2, 0) is 58.9 Å². The van der Waals surface area contributed by atoms with E-state index in [9.17, 15) is 4.79 Å². The summed E-state index contributed by atoms with van der Waals surface area (Å²) in [6, 6.07) is 2.71. The Labute approximate surface area is 264 Å². The summed E-state index contributed by atoms with van der Waals surface area (Å²) in [7, 11) is -28.2. The Morgan fingerprint density at radius 2 is 0.884 bits per heavy atom. The van der Waals surface area contributed by atoms with E-state index in [1.165, 1.54) is 0 Å². The van der Waals surface area contributed by atoms with Crippen molar-refractivity contribution < 1.29 is 58.9 Å². The van der Waals surface area contributed by atoms with Gasteiger partial charge in [0.1, 0.15) is 0 Å². The molecule has 247 valence electrons. The number of hydrogen-bond acceptors (Lipinski definition) is 14. The van der Waals surface area contributed by atoms with E-state index in [1.54, 1.807) is 0 Å². The molecule has 0 aromatic heterocycles. The SMILES string of the molecule is CCC(C)(C)C(=O)OCCC[Si]12O[Si]3O[Si]4(CC)O[Si]5(CC)O[Si](CC)(O3)O[Si](CC)(O1)O[Si](CC)(O5)O[Si](CC)(O4)O2. The lowest BCUT2D eigenvalue weighted by Gasteiger charge is -2.61. The van der Waals surface area contributed by atoms with Crippen molar-refractivity contribution >= 4 is 77.1 Å². The Kier molecular flexibility index (Phi) is 10.0. The first kappa shape index (κ1) is 35.0. The first-order chi connectivity index (χ1) is 20.2. The molecule has 4 atom stereocenters. The molecular weight excluding hydrogens is 701 g/mol. The molecule has 0 N–H and O–H groups in total. The molecule has 6 aliphatic rings. The molecule has 0 saturated carbocycles. The van der Waals surface area contributed by atoms with Gasteiger partial charge in [0.2, 0.25) is 0 Å². The molecule has 6 fully saturated rings. The van der Waals surface area contributed by atoms with Crippen LogP contribution in [0.1, 0.15) is 75.2 Å². The highest BCUT2D eigenvalue weighted by Gasteiger charge is 2.80. The van der Waals surface area contributed by atoms with Crippen molar-refractivity contribution in [2.24, 2.45) is 5.41 Å². The van der Waals surface area contributed by atoms with Gasteiger partial charge < -0.3 is 54.1 Å². The molecule has 0 spiro atoms. The second-order valence-corrected chi connectivity index (χ2v) is 36.5. The molecule has 0 amide bonds. The molecule has 6 heterocycles. The minimum Gasteiger partial charge on any atom is -0.465 e. The summed E-state index contributed by atoms with van der Waals surface area (Å²) in [5.74, 6) is -0.256. The van der Waals surface area contributed by atoms with Crippen LogP contribution in [0.25, 0.3) is 0 Å². The number of carbonyl (C=O) groups is 1. The van der Waals surface area contributed by atoms with Crippen LogP contribution in [0.2, 0.25) is 42.3 Å². The molecule has 8 bridgehead atoms. The van der Waals surface area contributed by atoms with E-state index < -0.39 is 76.6 Å². The standard InChI is InChI=1S/C21H47O14Si8/c1-10-21(8,9)20(22)23-18-17-19-43-26-36-24-37(11-2)27-39(13-4)28-38(12-3,25-36)30-41(15-6,35-43)33-42(16-7,31-39)32-40(14-5,29-37)34-43/h10-19H2,1-9H3. The van der Waals surface area contributed by atoms with Crippen LogP contribution in [0.3, 0.4) is 0 Å². The van der Waals surface area contributed by atoms with Crippen LogP contribution in [0.4, 0.5) is 0 Å². The lowest BCUT2D eigenvalue weighted by molar-refractivity contribution is -0.154. The maximum Gasteiger partial charge on any atom is 0.553 e. The smallest absolute Gasteiger partial charge is 0.465 e. The van der Waals surface area contributed by atoms with Crippen LogP contribution < -0.4 is 0 Å². The van der Waals surface area contributed by atoms with Gasteiger partial charge in [0.25, 0.3) is 0 Å². The van der Waals surface area contributed by atoms with E-state index in [0.29, 0.717) is 49.1 Å². The Morgan fingerprint density at radius 1 is 0.558 bits per heavy atom. The predicted octanol–water partition coefficient (Wildman–Crippen LogP) is 4.30. The monoisotopic (exact) mass is 747 g/mol. The topological polar surface area (TPSA) is 137 Å².